The minimum Gasteiger partial charge on any atom is -0.492 e. The summed E-state index contributed by atoms with van der Waals surface area (Å²) in [4.78, 5) is 30.3. The van der Waals surface area contributed by atoms with E-state index >= 15 is 0 Å². The first-order valence-electron chi connectivity index (χ1n) is 10.9. The van der Waals surface area contributed by atoms with Gasteiger partial charge in [-0.2, -0.15) is 0 Å². The number of nitrogens with zero attached hydrogens (tertiary/aromatic N) is 2. The van der Waals surface area contributed by atoms with E-state index in [0.29, 0.717) is 33.9 Å². The molecule has 0 saturated carbocycles. The van der Waals surface area contributed by atoms with Crippen molar-refractivity contribution in [1.29, 1.82) is 5.41 Å². The van der Waals surface area contributed by atoms with Gasteiger partial charge in [0.25, 0.3) is 5.56 Å². The van der Waals surface area contributed by atoms with Crippen LogP contribution in [0.1, 0.15) is 25.0 Å². The molecule has 35 heavy (non-hydrogen) atoms. The summed E-state index contributed by atoms with van der Waals surface area (Å²) < 4.78 is 6.54. The Bertz CT molecular complexity index is 1280. The number of anilines is 3. The number of nitrogens with one attached hydrogen (secondary N) is 3. The number of methoxy groups -OCH3 is 1. The van der Waals surface area contributed by atoms with Crippen LogP contribution in [0.3, 0.4) is 0 Å². The molecule has 0 radical (unpaired) electrons. The maximum Gasteiger partial charge on any atom is 0.294 e. The number of nitrogen functional groups attached to an aromatic ring is 3. The van der Waals surface area contributed by atoms with Gasteiger partial charge in [0.15, 0.2) is 11.6 Å². The molecule has 1 heterocycles. The van der Waals surface area contributed by atoms with E-state index in [4.69, 9.17) is 27.3 Å². The van der Waals surface area contributed by atoms with Crippen molar-refractivity contribution in [3.05, 3.63) is 64.1 Å². The number of rotatable bonds is 9. The molecule has 0 atom stereocenters. The molecule has 0 aliphatic carbocycles. The minimum atomic E-state index is -0.454. The Morgan fingerprint density at radius 2 is 1.80 bits per heavy atom. The fourth-order valence-electron chi connectivity index (χ4n) is 3.51. The molecule has 0 spiro atoms. The minimum absolute atomic E-state index is 0.0317. The largest absolute Gasteiger partial charge is 0.492 e. The summed E-state index contributed by atoms with van der Waals surface area (Å²) in [5.41, 5.74) is 20.1. The molecule has 1 amide bonds. The number of nitrogens with two attached hydrogens (primary N) is 3. The first-order valence-corrected chi connectivity index (χ1v) is 10.9. The summed E-state index contributed by atoms with van der Waals surface area (Å²) >= 11 is 0. The number of aromatic nitrogens is 2. The van der Waals surface area contributed by atoms with Crippen LogP contribution >= 0.6 is 0 Å². The van der Waals surface area contributed by atoms with E-state index in [1.807, 2.05) is 13.8 Å². The fraction of sp³-hybridized carbons (Fsp3) is 0.250. The molecule has 0 aliphatic heterocycles. The molecule has 11 nitrogen and oxygen atoms in total. The second kappa shape index (κ2) is 10.6. The normalized spacial score (nSPS) is 10.7. The lowest BCUT2D eigenvalue weighted by Gasteiger charge is -2.17. The summed E-state index contributed by atoms with van der Waals surface area (Å²) in [6, 6.07) is 10.2. The number of benzene rings is 2. The van der Waals surface area contributed by atoms with E-state index in [1.54, 1.807) is 36.4 Å². The van der Waals surface area contributed by atoms with Crippen molar-refractivity contribution in [2.24, 2.45) is 5.73 Å². The van der Waals surface area contributed by atoms with E-state index in [1.165, 1.54) is 17.9 Å². The van der Waals surface area contributed by atoms with Crippen LogP contribution in [0, 0.1) is 5.41 Å². The van der Waals surface area contributed by atoms with Gasteiger partial charge >= 0.3 is 0 Å². The van der Waals surface area contributed by atoms with Crippen molar-refractivity contribution in [3.8, 4) is 17.0 Å². The summed E-state index contributed by atoms with van der Waals surface area (Å²) in [5, 5.41) is 13.3. The third kappa shape index (κ3) is 5.88. The van der Waals surface area contributed by atoms with Crippen molar-refractivity contribution in [1.82, 2.24) is 14.9 Å². The van der Waals surface area contributed by atoms with E-state index in [2.05, 4.69) is 15.6 Å². The zero-order valence-electron chi connectivity index (χ0n) is 19.9. The summed E-state index contributed by atoms with van der Waals surface area (Å²) in [6.45, 7) is 3.76. The highest BCUT2D eigenvalue weighted by Crippen LogP contribution is 2.34. The van der Waals surface area contributed by atoms with E-state index in [9.17, 15) is 9.59 Å². The molecule has 0 aliphatic rings. The fourth-order valence-corrected chi connectivity index (χ4v) is 3.51. The number of hydrogen-bond acceptors (Lipinski definition) is 8. The van der Waals surface area contributed by atoms with E-state index in [-0.39, 0.29) is 36.7 Å². The van der Waals surface area contributed by atoms with Crippen LogP contribution in [-0.2, 0) is 17.9 Å². The molecule has 9 N–H and O–H groups in total. The first kappa shape index (κ1) is 25.1. The second-order valence-corrected chi connectivity index (χ2v) is 8.26. The second-order valence-electron chi connectivity index (χ2n) is 8.26. The molecule has 0 fully saturated rings. The number of hydrogen-bond donors (Lipinski definition) is 6. The third-order valence-corrected chi connectivity index (χ3v) is 5.18. The molecule has 2 aromatic carbocycles. The van der Waals surface area contributed by atoms with Gasteiger partial charge in [-0.15, -0.1) is 0 Å². The van der Waals surface area contributed by atoms with Gasteiger partial charge in [0.05, 0.1) is 30.4 Å². The van der Waals surface area contributed by atoms with Gasteiger partial charge in [-0.25, -0.2) is 4.98 Å². The number of carbonyl (C=O) groups is 1. The van der Waals surface area contributed by atoms with Gasteiger partial charge in [0.2, 0.25) is 5.91 Å². The first-order chi connectivity index (χ1) is 16.6. The van der Waals surface area contributed by atoms with Crippen LogP contribution in [0.25, 0.3) is 11.3 Å². The average molecular weight is 479 g/mol. The maximum absolute atomic E-state index is 13.2. The van der Waals surface area contributed by atoms with E-state index < -0.39 is 5.56 Å². The molecule has 0 saturated heterocycles. The van der Waals surface area contributed by atoms with Gasteiger partial charge in [-0.05, 0) is 31.5 Å². The standard InChI is InChI=1S/C24H30N8O3/c1-13(2)31-23-24(34)32(12-20(33)29-10-14-4-6-15(7-5-14)22(27)28)19(11-30-23)16-8-17(25)21(35-3)18(26)9-16/h4-9,11,13H,10,12,25-26H2,1-3H3,(H3,27,28)(H,29,33)(H,30,31). The predicted octanol–water partition coefficient (Wildman–Crippen LogP) is 1.50. The van der Waals surface area contributed by atoms with Crippen LogP contribution in [0.15, 0.2) is 47.4 Å². The van der Waals surface area contributed by atoms with Crippen molar-refractivity contribution in [2.75, 3.05) is 23.9 Å². The van der Waals surface area contributed by atoms with Crippen LogP contribution < -0.4 is 38.1 Å². The Morgan fingerprint density at radius 3 is 2.34 bits per heavy atom. The molecular formula is C24H30N8O3. The Balaban J connectivity index is 1.92. The van der Waals surface area contributed by atoms with Gasteiger partial charge in [0, 0.05) is 23.7 Å². The molecule has 3 rings (SSSR count). The van der Waals surface area contributed by atoms with Gasteiger partial charge in [0.1, 0.15) is 12.4 Å². The summed E-state index contributed by atoms with van der Waals surface area (Å²) in [7, 11) is 1.46. The molecule has 3 aromatic rings. The lowest BCUT2D eigenvalue weighted by atomic mass is 10.1. The Hall–Kier alpha value is -4.54. The zero-order chi connectivity index (χ0) is 25.7. The summed E-state index contributed by atoms with van der Waals surface area (Å²) in [5.74, 6) is 0.0593. The topological polar surface area (TPSA) is 187 Å². The third-order valence-electron chi connectivity index (χ3n) is 5.18. The summed E-state index contributed by atoms with van der Waals surface area (Å²) in [6.07, 6.45) is 1.50. The molecule has 1 aromatic heterocycles. The van der Waals surface area contributed by atoms with Gasteiger partial charge in [-0.3, -0.25) is 19.6 Å². The highest BCUT2D eigenvalue weighted by molar-refractivity contribution is 5.94. The molecule has 184 valence electrons. The molecule has 11 heteroatoms. The quantitative estimate of drug-likeness (QED) is 0.152. The average Bonchev–Trinajstić information content (AvgIpc) is 2.80. The Labute approximate surface area is 202 Å². The predicted molar refractivity (Wildman–Crippen MR) is 137 cm³/mol. The van der Waals surface area contributed by atoms with Crippen molar-refractivity contribution >= 4 is 28.9 Å². The molecular weight excluding hydrogens is 448 g/mol. The number of carbonyl (C=O) groups excluding carboxylic acids is 1. The number of amides is 1. The van der Waals surface area contributed by atoms with Gasteiger partial charge in [-0.1, -0.05) is 24.3 Å². The maximum atomic E-state index is 13.2. The lowest BCUT2D eigenvalue weighted by molar-refractivity contribution is -0.121. The van der Waals surface area contributed by atoms with Crippen molar-refractivity contribution in [2.45, 2.75) is 33.0 Å². The van der Waals surface area contributed by atoms with Crippen LogP contribution in [-0.4, -0.2) is 34.4 Å². The van der Waals surface area contributed by atoms with Crippen LogP contribution in [0.4, 0.5) is 17.2 Å². The smallest absolute Gasteiger partial charge is 0.294 e. The number of ether oxygens (including phenoxy) is 1. The van der Waals surface area contributed by atoms with Gasteiger partial charge < -0.3 is 32.6 Å². The number of amidine groups is 1. The molecule has 0 bridgehead atoms. The van der Waals surface area contributed by atoms with Crippen molar-refractivity contribution in [3.63, 3.8) is 0 Å². The lowest BCUT2D eigenvalue weighted by Crippen LogP contribution is -2.35. The Morgan fingerprint density at radius 1 is 1.17 bits per heavy atom. The highest BCUT2D eigenvalue weighted by Gasteiger charge is 2.17. The Kier molecular flexibility index (Phi) is 7.59. The SMILES string of the molecule is COc1c(N)cc(-c2cnc(NC(C)C)c(=O)n2CC(=O)NCc2ccc(C(=N)N)cc2)cc1N. The zero-order valence-corrected chi connectivity index (χ0v) is 19.9. The van der Waals surface area contributed by atoms with Crippen molar-refractivity contribution < 1.29 is 9.53 Å². The van der Waals surface area contributed by atoms with Crippen LogP contribution in [0.5, 0.6) is 5.75 Å². The van der Waals surface area contributed by atoms with E-state index in [0.717, 1.165) is 5.56 Å². The molecule has 0 unspecified atom stereocenters. The highest BCUT2D eigenvalue weighted by atomic mass is 16.5. The van der Waals surface area contributed by atoms with Crippen LogP contribution in [0.2, 0.25) is 0 Å². The monoisotopic (exact) mass is 478 g/mol.